The van der Waals surface area contributed by atoms with Crippen molar-refractivity contribution in [1.82, 2.24) is 9.99 Å². The number of rotatable bonds is 7. The number of pyridine rings is 1. The number of esters is 1. The lowest BCUT2D eigenvalue weighted by Gasteiger charge is -2.23. The molecule has 0 fully saturated rings. The minimum atomic E-state index is -1.00. The number of carbonyl (C=O) groups excluding carboxylic acids is 2. The van der Waals surface area contributed by atoms with Gasteiger partial charge in [-0.25, -0.2) is 4.98 Å². The van der Waals surface area contributed by atoms with Crippen LogP contribution in [-0.2, 0) is 25.7 Å². The van der Waals surface area contributed by atoms with Crippen molar-refractivity contribution in [3.8, 4) is 17.7 Å². The number of hydrogen-bond acceptors (Lipinski definition) is 9. The van der Waals surface area contributed by atoms with E-state index < -0.39 is 12.2 Å². The first-order valence-corrected chi connectivity index (χ1v) is 12.0. The molecule has 0 bridgehead atoms. The molecule has 2 heterocycles. The molecule has 2 aromatic carbocycles. The van der Waals surface area contributed by atoms with Gasteiger partial charge < -0.3 is 18.9 Å². The van der Waals surface area contributed by atoms with Gasteiger partial charge in [-0.15, -0.1) is 5.10 Å². The summed E-state index contributed by atoms with van der Waals surface area (Å²) in [6.45, 7) is 4.39. The number of carbonyl (C=O) groups is 2. The summed E-state index contributed by atoms with van der Waals surface area (Å²) in [5.74, 6) is -0.479. The maximum atomic E-state index is 12.5. The van der Waals surface area contributed by atoms with E-state index in [1.54, 1.807) is 13.0 Å². The smallest absolute Gasteiger partial charge is 0.308 e. The molecule has 1 aromatic heterocycles. The van der Waals surface area contributed by atoms with Crippen LogP contribution in [0.3, 0.4) is 0 Å². The molecule has 0 saturated heterocycles. The standard InChI is InChI=1S/C26H23BrN4O6/c1-14-24(27)20(12-34-4)19(11-28)25(29-14)35-13-22-30-31(15(2)32)26(37-22)23-18-8-6-5-7-17(18)9-10-21(23)36-16(3)33/h5-10,26H,12-13H2,1-4H3/t26-/m1/s1. The number of hydrazone groups is 1. The van der Waals surface area contributed by atoms with Crippen molar-refractivity contribution in [1.29, 1.82) is 5.26 Å². The Labute approximate surface area is 221 Å². The van der Waals surface area contributed by atoms with Crippen molar-refractivity contribution in [3.05, 3.63) is 63.3 Å². The van der Waals surface area contributed by atoms with Crippen molar-refractivity contribution in [2.75, 3.05) is 13.7 Å². The third-order valence-corrected chi connectivity index (χ3v) is 6.60. The number of nitrogens with zero attached hydrogens (tertiary/aromatic N) is 4. The normalized spacial score (nSPS) is 14.6. The van der Waals surface area contributed by atoms with Gasteiger partial charge in [-0.2, -0.15) is 10.3 Å². The van der Waals surface area contributed by atoms with Gasteiger partial charge in [-0.05, 0) is 39.7 Å². The van der Waals surface area contributed by atoms with Crippen LogP contribution in [0.4, 0.5) is 0 Å². The lowest BCUT2D eigenvalue weighted by atomic mass is 10.0. The van der Waals surface area contributed by atoms with E-state index in [2.05, 4.69) is 32.1 Å². The number of ether oxygens (including phenoxy) is 4. The second kappa shape index (κ2) is 10.9. The lowest BCUT2D eigenvalue weighted by Crippen LogP contribution is -2.26. The number of fused-ring (bicyclic) bond motifs is 1. The minimum Gasteiger partial charge on any atom is -0.467 e. The van der Waals surface area contributed by atoms with E-state index in [-0.39, 0.29) is 42.2 Å². The molecule has 1 atom stereocenters. The molecule has 0 unspecified atom stereocenters. The fourth-order valence-corrected chi connectivity index (χ4v) is 4.37. The van der Waals surface area contributed by atoms with Crippen LogP contribution in [0.25, 0.3) is 10.8 Å². The predicted octanol–water partition coefficient (Wildman–Crippen LogP) is 4.52. The molecule has 1 aliphatic rings. The van der Waals surface area contributed by atoms with Gasteiger partial charge in [0.15, 0.2) is 6.61 Å². The second-order valence-electron chi connectivity index (χ2n) is 8.12. The molecule has 190 valence electrons. The van der Waals surface area contributed by atoms with Gasteiger partial charge >= 0.3 is 5.97 Å². The monoisotopic (exact) mass is 566 g/mol. The highest BCUT2D eigenvalue weighted by atomic mass is 79.9. The van der Waals surface area contributed by atoms with Crippen molar-refractivity contribution >= 4 is 44.5 Å². The van der Waals surface area contributed by atoms with Crippen LogP contribution in [0.5, 0.6) is 11.6 Å². The Balaban J connectivity index is 1.68. The Morgan fingerprint density at radius 2 is 1.95 bits per heavy atom. The minimum absolute atomic E-state index is 0.0847. The second-order valence-corrected chi connectivity index (χ2v) is 8.92. The molecular formula is C26H23BrN4O6. The highest BCUT2D eigenvalue weighted by Crippen LogP contribution is 2.40. The fraction of sp³-hybridized carbons (Fsp3) is 0.269. The summed E-state index contributed by atoms with van der Waals surface area (Å²) in [5.41, 5.74) is 1.90. The van der Waals surface area contributed by atoms with Gasteiger partial charge in [-0.1, -0.05) is 30.3 Å². The third-order valence-electron chi connectivity index (χ3n) is 5.54. The first kappa shape index (κ1) is 26.1. The first-order valence-electron chi connectivity index (χ1n) is 11.2. The predicted molar refractivity (Wildman–Crippen MR) is 137 cm³/mol. The van der Waals surface area contributed by atoms with Crippen molar-refractivity contribution in [2.24, 2.45) is 5.10 Å². The molecule has 0 radical (unpaired) electrons. The van der Waals surface area contributed by atoms with Gasteiger partial charge in [-0.3, -0.25) is 9.59 Å². The van der Waals surface area contributed by atoms with Crippen LogP contribution >= 0.6 is 15.9 Å². The number of aromatic nitrogens is 1. The van der Waals surface area contributed by atoms with Crippen molar-refractivity contribution < 1.29 is 28.5 Å². The molecular weight excluding hydrogens is 544 g/mol. The topological polar surface area (TPSA) is 123 Å². The van der Waals surface area contributed by atoms with E-state index in [1.165, 1.54) is 21.0 Å². The summed E-state index contributed by atoms with van der Waals surface area (Å²) in [6, 6.07) is 13.0. The Bertz CT molecular complexity index is 1470. The molecule has 37 heavy (non-hydrogen) atoms. The summed E-state index contributed by atoms with van der Waals surface area (Å²) >= 11 is 3.45. The molecule has 11 heteroatoms. The molecule has 0 saturated carbocycles. The third kappa shape index (κ3) is 5.26. The maximum Gasteiger partial charge on any atom is 0.308 e. The van der Waals surface area contributed by atoms with E-state index in [9.17, 15) is 14.9 Å². The Morgan fingerprint density at radius 1 is 1.19 bits per heavy atom. The van der Waals surface area contributed by atoms with Crippen LogP contribution in [-0.4, -0.2) is 41.5 Å². The van der Waals surface area contributed by atoms with Crippen LogP contribution in [0.15, 0.2) is 46.0 Å². The largest absolute Gasteiger partial charge is 0.467 e. The summed E-state index contributed by atoms with van der Waals surface area (Å²) < 4.78 is 23.2. The van der Waals surface area contributed by atoms with Crippen molar-refractivity contribution in [2.45, 2.75) is 33.6 Å². The Hall–Kier alpha value is -4.01. The molecule has 4 rings (SSSR count). The molecule has 1 amide bonds. The zero-order chi connectivity index (χ0) is 26.7. The number of aryl methyl sites for hydroxylation is 1. The quantitative estimate of drug-likeness (QED) is 0.302. The average molecular weight is 567 g/mol. The summed E-state index contributed by atoms with van der Waals surface area (Å²) in [4.78, 5) is 28.7. The van der Waals surface area contributed by atoms with Crippen LogP contribution < -0.4 is 9.47 Å². The first-order chi connectivity index (χ1) is 17.7. The van der Waals surface area contributed by atoms with E-state index in [0.29, 0.717) is 21.3 Å². The molecule has 0 spiro atoms. The average Bonchev–Trinajstić information content (AvgIpc) is 3.29. The SMILES string of the molecule is COCc1c(Br)c(C)nc(OCC2=NN(C(C)=O)[C@@H](c3c(OC(C)=O)ccc4ccccc34)O2)c1C#N. The highest BCUT2D eigenvalue weighted by Gasteiger charge is 2.36. The van der Waals surface area contributed by atoms with Gasteiger partial charge in [0.05, 0.1) is 17.9 Å². The summed E-state index contributed by atoms with van der Waals surface area (Å²) in [6.07, 6.45) is -1.00. The molecule has 0 aliphatic carbocycles. The number of hydrogen-bond donors (Lipinski definition) is 0. The van der Waals surface area contributed by atoms with Crippen LogP contribution in [0.1, 0.15) is 42.5 Å². The highest BCUT2D eigenvalue weighted by molar-refractivity contribution is 9.10. The number of nitriles is 1. The molecule has 3 aromatic rings. The van der Waals surface area contributed by atoms with Gasteiger partial charge in [0.2, 0.25) is 23.9 Å². The summed E-state index contributed by atoms with van der Waals surface area (Å²) in [5, 5.41) is 16.8. The van der Waals surface area contributed by atoms with Gasteiger partial charge in [0.25, 0.3) is 0 Å². The molecule has 0 N–H and O–H groups in total. The van der Waals surface area contributed by atoms with Crippen molar-refractivity contribution in [3.63, 3.8) is 0 Å². The fourth-order valence-electron chi connectivity index (χ4n) is 3.97. The Morgan fingerprint density at radius 3 is 2.62 bits per heavy atom. The number of methoxy groups -OCH3 is 1. The zero-order valence-corrected chi connectivity index (χ0v) is 22.2. The number of benzene rings is 2. The Kier molecular flexibility index (Phi) is 7.71. The van der Waals surface area contributed by atoms with E-state index in [0.717, 1.165) is 15.8 Å². The van der Waals surface area contributed by atoms with Gasteiger partial charge in [0.1, 0.15) is 17.4 Å². The van der Waals surface area contributed by atoms with Gasteiger partial charge in [0, 0.05) is 31.0 Å². The number of halogens is 1. The van der Waals surface area contributed by atoms with E-state index in [1.807, 2.05) is 30.3 Å². The van der Waals surface area contributed by atoms with Crippen LogP contribution in [0, 0.1) is 18.3 Å². The lowest BCUT2D eigenvalue weighted by molar-refractivity contribution is -0.135. The summed E-state index contributed by atoms with van der Waals surface area (Å²) in [7, 11) is 1.53. The van der Waals surface area contributed by atoms with E-state index in [4.69, 9.17) is 18.9 Å². The molecule has 10 nitrogen and oxygen atoms in total. The van der Waals surface area contributed by atoms with E-state index >= 15 is 0 Å². The molecule has 1 aliphatic heterocycles. The zero-order valence-electron chi connectivity index (χ0n) is 20.6. The maximum absolute atomic E-state index is 12.5. The van der Waals surface area contributed by atoms with Crippen LogP contribution in [0.2, 0.25) is 0 Å². The number of amides is 1.